The number of amides is 1. The first-order valence-electron chi connectivity index (χ1n) is 5.95. The zero-order valence-corrected chi connectivity index (χ0v) is 10.2. The number of hydrogen-bond acceptors (Lipinski definition) is 3. The Morgan fingerprint density at radius 1 is 1.50 bits per heavy atom. The highest BCUT2D eigenvalue weighted by Crippen LogP contribution is 2.16. The summed E-state index contributed by atoms with van der Waals surface area (Å²) in [6.45, 7) is 2.56. The second kappa shape index (κ2) is 5.35. The van der Waals surface area contributed by atoms with E-state index >= 15 is 0 Å². The number of halogens is 1. The van der Waals surface area contributed by atoms with Gasteiger partial charge in [0.15, 0.2) is 6.10 Å². The molecule has 0 aromatic heterocycles. The van der Waals surface area contributed by atoms with Gasteiger partial charge in [-0.05, 0) is 37.6 Å². The van der Waals surface area contributed by atoms with Crippen LogP contribution in [0.3, 0.4) is 0 Å². The van der Waals surface area contributed by atoms with Crippen molar-refractivity contribution in [1.82, 2.24) is 4.90 Å². The summed E-state index contributed by atoms with van der Waals surface area (Å²) in [5, 5.41) is 9.37. The van der Waals surface area contributed by atoms with Crippen LogP contribution in [-0.4, -0.2) is 41.2 Å². The van der Waals surface area contributed by atoms with Crippen molar-refractivity contribution in [2.75, 3.05) is 13.1 Å². The van der Waals surface area contributed by atoms with Gasteiger partial charge in [-0.15, -0.1) is 0 Å². The first kappa shape index (κ1) is 12.8. The lowest BCUT2D eigenvalue weighted by Gasteiger charge is -2.21. The molecule has 1 aromatic carbocycles. The number of nitrogens with zero attached hydrogens (tertiary/aromatic N) is 1. The smallest absolute Gasteiger partial charge is 0.263 e. The lowest BCUT2D eigenvalue weighted by molar-refractivity contribution is -0.137. The highest BCUT2D eigenvalue weighted by molar-refractivity contribution is 5.81. The van der Waals surface area contributed by atoms with Gasteiger partial charge in [-0.3, -0.25) is 4.79 Å². The fourth-order valence-electron chi connectivity index (χ4n) is 1.97. The van der Waals surface area contributed by atoms with E-state index in [2.05, 4.69) is 0 Å². The first-order chi connectivity index (χ1) is 8.56. The minimum atomic E-state index is -0.638. The van der Waals surface area contributed by atoms with Crippen LogP contribution in [0.15, 0.2) is 24.3 Å². The highest BCUT2D eigenvalue weighted by Gasteiger charge is 2.28. The van der Waals surface area contributed by atoms with Crippen molar-refractivity contribution in [3.63, 3.8) is 0 Å². The molecule has 1 unspecified atom stereocenters. The zero-order valence-electron chi connectivity index (χ0n) is 10.2. The van der Waals surface area contributed by atoms with Gasteiger partial charge < -0.3 is 14.7 Å². The van der Waals surface area contributed by atoms with Gasteiger partial charge in [0.2, 0.25) is 0 Å². The third kappa shape index (κ3) is 2.98. The molecule has 1 heterocycles. The van der Waals surface area contributed by atoms with Crippen LogP contribution in [0.1, 0.15) is 13.3 Å². The zero-order chi connectivity index (χ0) is 13.1. The third-order valence-electron chi connectivity index (χ3n) is 2.95. The molecule has 0 radical (unpaired) electrons. The van der Waals surface area contributed by atoms with E-state index < -0.39 is 12.2 Å². The van der Waals surface area contributed by atoms with Gasteiger partial charge >= 0.3 is 0 Å². The molecule has 1 amide bonds. The fraction of sp³-hybridized carbons (Fsp3) is 0.462. The molecule has 0 spiro atoms. The van der Waals surface area contributed by atoms with Crippen molar-refractivity contribution >= 4 is 5.91 Å². The van der Waals surface area contributed by atoms with E-state index in [0.29, 0.717) is 25.3 Å². The number of rotatable bonds is 3. The summed E-state index contributed by atoms with van der Waals surface area (Å²) in [5.41, 5.74) is 0. The number of hydrogen-bond donors (Lipinski definition) is 1. The fourth-order valence-corrected chi connectivity index (χ4v) is 1.97. The predicted molar refractivity (Wildman–Crippen MR) is 63.7 cm³/mol. The molecule has 5 heteroatoms. The summed E-state index contributed by atoms with van der Waals surface area (Å²) in [7, 11) is 0. The molecule has 1 aromatic rings. The van der Waals surface area contributed by atoms with Gasteiger partial charge in [0.05, 0.1) is 6.10 Å². The van der Waals surface area contributed by atoms with Crippen LogP contribution < -0.4 is 4.74 Å². The molecule has 2 atom stereocenters. The molecule has 1 aliphatic rings. The Morgan fingerprint density at radius 2 is 2.17 bits per heavy atom. The minimum Gasteiger partial charge on any atom is -0.481 e. The largest absolute Gasteiger partial charge is 0.481 e. The summed E-state index contributed by atoms with van der Waals surface area (Å²) in [4.78, 5) is 13.6. The van der Waals surface area contributed by atoms with E-state index in [0.717, 1.165) is 0 Å². The molecular formula is C13H16FNO3. The topological polar surface area (TPSA) is 49.8 Å². The maximum absolute atomic E-state index is 12.7. The average Bonchev–Trinajstić information content (AvgIpc) is 2.78. The van der Waals surface area contributed by atoms with Crippen molar-refractivity contribution in [2.45, 2.75) is 25.6 Å². The Balaban J connectivity index is 1.93. The molecule has 2 rings (SSSR count). The Labute approximate surface area is 105 Å². The number of carbonyl (C=O) groups excluding carboxylic acids is 1. The van der Waals surface area contributed by atoms with E-state index in [9.17, 15) is 14.3 Å². The summed E-state index contributed by atoms with van der Waals surface area (Å²) in [5.74, 6) is -0.0446. The molecule has 4 nitrogen and oxygen atoms in total. The quantitative estimate of drug-likeness (QED) is 0.880. The number of aliphatic hydroxyl groups excluding tert-OH is 1. The maximum Gasteiger partial charge on any atom is 0.263 e. The molecular weight excluding hydrogens is 237 g/mol. The lowest BCUT2D eigenvalue weighted by atomic mass is 10.3. The van der Waals surface area contributed by atoms with Gasteiger partial charge in [0, 0.05) is 13.1 Å². The summed E-state index contributed by atoms with van der Waals surface area (Å²) < 4.78 is 18.2. The number of likely N-dealkylation sites (tertiary alicyclic amines) is 1. The molecule has 0 bridgehead atoms. The Bertz CT molecular complexity index is 421. The van der Waals surface area contributed by atoms with Gasteiger partial charge in [-0.25, -0.2) is 4.39 Å². The first-order valence-corrected chi connectivity index (χ1v) is 5.95. The van der Waals surface area contributed by atoms with E-state index in [1.807, 2.05) is 0 Å². The van der Waals surface area contributed by atoms with Crippen LogP contribution in [0.2, 0.25) is 0 Å². The molecule has 0 aliphatic carbocycles. The van der Waals surface area contributed by atoms with Crippen molar-refractivity contribution in [2.24, 2.45) is 0 Å². The highest BCUT2D eigenvalue weighted by atomic mass is 19.1. The molecule has 1 saturated heterocycles. The second-order valence-corrected chi connectivity index (χ2v) is 4.44. The van der Waals surface area contributed by atoms with Gasteiger partial charge in [0.25, 0.3) is 5.91 Å². The lowest BCUT2D eigenvalue weighted by Crippen LogP contribution is -2.39. The minimum absolute atomic E-state index is 0.157. The van der Waals surface area contributed by atoms with Crippen LogP contribution in [0.25, 0.3) is 0 Å². The van der Waals surface area contributed by atoms with Crippen molar-refractivity contribution in [3.05, 3.63) is 30.1 Å². The van der Waals surface area contributed by atoms with E-state index in [4.69, 9.17) is 4.74 Å². The van der Waals surface area contributed by atoms with Crippen LogP contribution in [0.4, 0.5) is 4.39 Å². The third-order valence-corrected chi connectivity index (χ3v) is 2.95. The van der Waals surface area contributed by atoms with Crippen LogP contribution in [0.5, 0.6) is 5.75 Å². The standard InChI is InChI=1S/C13H16FNO3/c1-9(13(17)15-7-6-11(16)8-15)18-12-4-2-10(14)3-5-12/h2-5,9,11,16H,6-8H2,1H3/t9?,11-/m1/s1. The molecule has 1 fully saturated rings. The Kier molecular flexibility index (Phi) is 3.81. The Morgan fingerprint density at radius 3 is 2.72 bits per heavy atom. The molecule has 1 aliphatic heterocycles. The second-order valence-electron chi connectivity index (χ2n) is 4.44. The number of benzene rings is 1. The molecule has 18 heavy (non-hydrogen) atoms. The van der Waals surface area contributed by atoms with Crippen molar-refractivity contribution in [1.29, 1.82) is 0 Å². The van der Waals surface area contributed by atoms with Crippen LogP contribution in [-0.2, 0) is 4.79 Å². The summed E-state index contributed by atoms with van der Waals surface area (Å²) in [6, 6.07) is 5.54. The summed E-state index contributed by atoms with van der Waals surface area (Å²) in [6.07, 6.45) is -0.470. The molecule has 98 valence electrons. The number of aliphatic hydroxyl groups is 1. The normalized spacial score (nSPS) is 20.8. The molecule has 0 saturated carbocycles. The van der Waals surface area contributed by atoms with E-state index in [-0.39, 0.29) is 11.7 Å². The van der Waals surface area contributed by atoms with E-state index in [1.165, 1.54) is 24.3 Å². The van der Waals surface area contributed by atoms with Crippen LogP contribution >= 0.6 is 0 Å². The summed E-state index contributed by atoms with van der Waals surface area (Å²) >= 11 is 0. The molecule has 1 N–H and O–H groups in total. The average molecular weight is 253 g/mol. The maximum atomic E-state index is 12.7. The Hall–Kier alpha value is -1.62. The van der Waals surface area contributed by atoms with Crippen molar-refractivity contribution < 1.29 is 19.0 Å². The number of β-amino-alcohol motifs (C(OH)–C–C–N with tert-alkyl or cyclic N) is 1. The SMILES string of the molecule is CC(Oc1ccc(F)cc1)C(=O)N1CC[C@@H](O)C1. The van der Waals surface area contributed by atoms with Gasteiger partial charge in [-0.1, -0.05) is 0 Å². The van der Waals surface area contributed by atoms with Crippen LogP contribution in [0, 0.1) is 5.82 Å². The number of carbonyl (C=O) groups is 1. The monoisotopic (exact) mass is 253 g/mol. The van der Waals surface area contributed by atoms with Gasteiger partial charge in [-0.2, -0.15) is 0 Å². The van der Waals surface area contributed by atoms with E-state index in [1.54, 1.807) is 11.8 Å². The number of ether oxygens (including phenoxy) is 1. The predicted octanol–water partition coefficient (Wildman–Crippen LogP) is 1.19. The van der Waals surface area contributed by atoms with Crippen molar-refractivity contribution in [3.8, 4) is 5.75 Å². The van der Waals surface area contributed by atoms with Gasteiger partial charge in [0.1, 0.15) is 11.6 Å².